The van der Waals surface area contributed by atoms with Gasteiger partial charge in [-0.15, -0.1) is 0 Å². The number of rotatable bonds is 4. The molecule has 2 aliphatic rings. The first-order chi connectivity index (χ1) is 13.0. The number of nitrogens with zero attached hydrogens (tertiary/aromatic N) is 4. The second-order valence-corrected chi connectivity index (χ2v) is 7.37. The van der Waals surface area contributed by atoms with Crippen LogP contribution in [0.1, 0.15) is 59.5 Å². The molecule has 27 heavy (non-hydrogen) atoms. The highest BCUT2D eigenvalue weighted by Crippen LogP contribution is 2.29. The number of aromatic carboxylic acids is 1. The number of fused-ring (bicyclic) bond motifs is 1. The predicted octanol–water partition coefficient (Wildman–Crippen LogP) is 1.72. The van der Waals surface area contributed by atoms with Crippen LogP contribution in [-0.2, 0) is 17.8 Å². The van der Waals surface area contributed by atoms with Crippen molar-refractivity contribution in [1.29, 1.82) is 0 Å². The molecule has 0 radical (unpaired) electrons. The van der Waals surface area contributed by atoms with Crippen molar-refractivity contribution in [2.45, 2.75) is 45.2 Å². The SMILES string of the molecule is CC(C)n1nc(C(=O)O)c2c1CCN(c1ccc([C@@H]3CCNC3=O)cn1)C2. The van der Waals surface area contributed by atoms with Gasteiger partial charge < -0.3 is 15.3 Å². The fourth-order valence-electron chi connectivity index (χ4n) is 3.94. The molecule has 142 valence electrons. The van der Waals surface area contributed by atoms with Gasteiger partial charge in [-0.2, -0.15) is 5.10 Å². The molecule has 0 bridgehead atoms. The van der Waals surface area contributed by atoms with E-state index in [0.717, 1.165) is 42.0 Å². The normalized spacial score (nSPS) is 19.3. The molecular formula is C19H23N5O3. The van der Waals surface area contributed by atoms with Crippen molar-refractivity contribution < 1.29 is 14.7 Å². The number of pyridine rings is 1. The summed E-state index contributed by atoms with van der Waals surface area (Å²) >= 11 is 0. The molecule has 4 rings (SSSR count). The van der Waals surface area contributed by atoms with Crippen molar-refractivity contribution in [1.82, 2.24) is 20.1 Å². The number of anilines is 1. The van der Waals surface area contributed by atoms with Gasteiger partial charge in [0.25, 0.3) is 0 Å². The van der Waals surface area contributed by atoms with E-state index in [2.05, 4.69) is 20.3 Å². The van der Waals surface area contributed by atoms with E-state index < -0.39 is 5.97 Å². The predicted molar refractivity (Wildman–Crippen MR) is 98.9 cm³/mol. The lowest BCUT2D eigenvalue weighted by Crippen LogP contribution is -2.32. The second-order valence-electron chi connectivity index (χ2n) is 7.37. The number of carbonyl (C=O) groups is 2. The lowest BCUT2D eigenvalue weighted by atomic mass is 9.99. The average Bonchev–Trinajstić information content (AvgIpc) is 3.25. The molecule has 0 saturated carbocycles. The van der Waals surface area contributed by atoms with Gasteiger partial charge in [0.2, 0.25) is 5.91 Å². The Hall–Kier alpha value is -2.90. The molecule has 0 unspecified atom stereocenters. The number of hydrogen-bond donors (Lipinski definition) is 2. The number of hydrogen-bond acceptors (Lipinski definition) is 5. The topological polar surface area (TPSA) is 100 Å². The molecule has 1 amide bonds. The summed E-state index contributed by atoms with van der Waals surface area (Å²) in [5, 5.41) is 16.7. The van der Waals surface area contributed by atoms with Crippen LogP contribution >= 0.6 is 0 Å². The standard InChI is InChI=1S/C19H23N5O3/c1-11(2)24-15-6-8-23(10-14(15)17(22-24)19(26)27)16-4-3-12(9-21-16)13-5-7-20-18(13)25/h3-4,9,11,13H,5-8,10H2,1-2H3,(H,20,25)(H,26,27)/t13-/m0/s1. The quantitative estimate of drug-likeness (QED) is 0.851. The molecule has 4 heterocycles. The fourth-order valence-corrected chi connectivity index (χ4v) is 3.94. The van der Waals surface area contributed by atoms with E-state index in [1.165, 1.54) is 0 Å². The van der Waals surface area contributed by atoms with E-state index >= 15 is 0 Å². The van der Waals surface area contributed by atoms with Gasteiger partial charge in [-0.05, 0) is 31.9 Å². The third-order valence-electron chi connectivity index (χ3n) is 5.32. The van der Waals surface area contributed by atoms with Crippen molar-refractivity contribution >= 4 is 17.7 Å². The Kier molecular flexibility index (Phi) is 4.33. The van der Waals surface area contributed by atoms with Crippen LogP contribution in [0.15, 0.2) is 18.3 Å². The van der Waals surface area contributed by atoms with Crippen LogP contribution < -0.4 is 10.2 Å². The van der Waals surface area contributed by atoms with E-state index in [1.807, 2.05) is 30.7 Å². The monoisotopic (exact) mass is 369 g/mol. The molecule has 1 atom stereocenters. The number of nitrogens with one attached hydrogen (secondary N) is 1. The van der Waals surface area contributed by atoms with Crippen LogP contribution in [0.25, 0.3) is 0 Å². The summed E-state index contributed by atoms with van der Waals surface area (Å²) in [5.74, 6) is -0.277. The van der Waals surface area contributed by atoms with E-state index in [1.54, 1.807) is 6.20 Å². The summed E-state index contributed by atoms with van der Waals surface area (Å²) in [4.78, 5) is 30.1. The molecule has 0 spiro atoms. The van der Waals surface area contributed by atoms with Crippen LogP contribution in [0.5, 0.6) is 0 Å². The molecule has 2 aliphatic heterocycles. The maximum absolute atomic E-state index is 11.8. The van der Waals surface area contributed by atoms with Gasteiger partial charge in [0.15, 0.2) is 5.69 Å². The number of carboxylic acid groups (broad SMARTS) is 1. The maximum Gasteiger partial charge on any atom is 0.356 e. The van der Waals surface area contributed by atoms with Gasteiger partial charge in [0.05, 0.1) is 5.92 Å². The number of aromatic nitrogens is 3. The molecule has 0 aliphatic carbocycles. The highest BCUT2D eigenvalue weighted by Gasteiger charge is 2.30. The Balaban J connectivity index is 1.59. The Morgan fingerprint density at radius 3 is 2.78 bits per heavy atom. The lowest BCUT2D eigenvalue weighted by Gasteiger charge is -2.29. The van der Waals surface area contributed by atoms with Crippen molar-refractivity contribution in [3.05, 3.63) is 40.8 Å². The molecule has 0 aromatic carbocycles. The third kappa shape index (κ3) is 3.05. The Bertz CT molecular complexity index is 887. The Morgan fingerprint density at radius 2 is 2.19 bits per heavy atom. The zero-order valence-corrected chi connectivity index (χ0v) is 15.5. The number of carbonyl (C=O) groups excluding carboxylic acids is 1. The van der Waals surface area contributed by atoms with Gasteiger partial charge in [-0.3, -0.25) is 9.48 Å². The highest BCUT2D eigenvalue weighted by atomic mass is 16.4. The van der Waals surface area contributed by atoms with Crippen LogP contribution in [-0.4, -0.2) is 44.8 Å². The Morgan fingerprint density at radius 1 is 1.37 bits per heavy atom. The molecule has 1 saturated heterocycles. The highest BCUT2D eigenvalue weighted by molar-refractivity contribution is 5.88. The summed E-state index contributed by atoms with van der Waals surface area (Å²) in [5.41, 5.74) is 2.81. The number of amides is 1. The first-order valence-corrected chi connectivity index (χ1v) is 9.28. The molecule has 8 nitrogen and oxygen atoms in total. The Labute approximate surface area is 157 Å². The fraction of sp³-hybridized carbons (Fsp3) is 0.474. The van der Waals surface area contributed by atoms with Crippen molar-refractivity contribution in [3.8, 4) is 0 Å². The van der Waals surface area contributed by atoms with E-state index in [0.29, 0.717) is 13.1 Å². The van der Waals surface area contributed by atoms with Crippen molar-refractivity contribution in [2.75, 3.05) is 18.0 Å². The van der Waals surface area contributed by atoms with Crippen LogP contribution in [0.3, 0.4) is 0 Å². The lowest BCUT2D eigenvalue weighted by molar-refractivity contribution is -0.120. The van der Waals surface area contributed by atoms with Gasteiger partial charge in [0, 0.05) is 49.6 Å². The largest absolute Gasteiger partial charge is 0.476 e. The van der Waals surface area contributed by atoms with E-state index in [4.69, 9.17) is 0 Å². The second kappa shape index (κ2) is 6.68. The third-order valence-corrected chi connectivity index (χ3v) is 5.32. The minimum absolute atomic E-state index is 0.0550. The van der Waals surface area contributed by atoms with Gasteiger partial charge in [0.1, 0.15) is 5.82 Å². The van der Waals surface area contributed by atoms with Crippen LogP contribution in [0.2, 0.25) is 0 Å². The molecule has 1 fully saturated rings. The smallest absolute Gasteiger partial charge is 0.356 e. The first-order valence-electron chi connectivity index (χ1n) is 9.28. The van der Waals surface area contributed by atoms with Gasteiger partial charge in [-0.1, -0.05) is 6.07 Å². The average molecular weight is 369 g/mol. The maximum atomic E-state index is 11.8. The van der Waals surface area contributed by atoms with Crippen LogP contribution in [0.4, 0.5) is 5.82 Å². The summed E-state index contributed by atoms with van der Waals surface area (Å²) in [7, 11) is 0. The minimum atomic E-state index is -0.997. The summed E-state index contributed by atoms with van der Waals surface area (Å²) in [6.45, 7) is 5.94. The summed E-state index contributed by atoms with van der Waals surface area (Å²) in [6, 6.07) is 3.98. The minimum Gasteiger partial charge on any atom is -0.476 e. The van der Waals surface area contributed by atoms with Gasteiger partial charge >= 0.3 is 5.97 Å². The molecule has 2 N–H and O–H groups in total. The zero-order valence-electron chi connectivity index (χ0n) is 15.5. The molecular weight excluding hydrogens is 346 g/mol. The summed E-state index contributed by atoms with van der Waals surface area (Å²) in [6.07, 6.45) is 3.28. The summed E-state index contributed by atoms with van der Waals surface area (Å²) < 4.78 is 1.82. The van der Waals surface area contributed by atoms with Crippen LogP contribution in [0, 0.1) is 0 Å². The van der Waals surface area contributed by atoms with Gasteiger partial charge in [-0.25, -0.2) is 9.78 Å². The molecule has 8 heteroatoms. The van der Waals surface area contributed by atoms with Crippen molar-refractivity contribution in [2.24, 2.45) is 0 Å². The zero-order chi connectivity index (χ0) is 19.1. The number of carboxylic acids is 1. The molecule has 2 aromatic heterocycles. The van der Waals surface area contributed by atoms with E-state index in [-0.39, 0.29) is 23.6 Å². The first kappa shape index (κ1) is 17.5. The van der Waals surface area contributed by atoms with E-state index in [9.17, 15) is 14.7 Å². The molecule has 2 aromatic rings. The van der Waals surface area contributed by atoms with Crippen molar-refractivity contribution in [3.63, 3.8) is 0 Å².